The summed E-state index contributed by atoms with van der Waals surface area (Å²) in [4.78, 5) is 0. The SMILES string of the molecule is CCOc1cc(C)c2c(sc3c(F)c(OCC4CC=CC4)ccc32)c1F. The van der Waals surface area contributed by atoms with Crippen molar-refractivity contribution in [2.75, 3.05) is 13.2 Å². The molecule has 0 saturated carbocycles. The lowest BCUT2D eigenvalue weighted by Crippen LogP contribution is -2.09. The number of hydrogen-bond donors (Lipinski definition) is 0. The van der Waals surface area contributed by atoms with Gasteiger partial charge in [-0.15, -0.1) is 11.3 Å². The van der Waals surface area contributed by atoms with Crippen LogP contribution >= 0.6 is 11.3 Å². The summed E-state index contributed by atoms with van der Waals surface area (Å²) < 4.78 is 41.8. The van der Waals surface area contributed by atoms with Crippen LogP contribution in [0.3, 0.4) is 0 Å². The first-order valence-electron chi connectivity index (χ1n) is 8.84. The lowest BCUT2D eigenvalue weighted by molar-refractivity contribution is 0.247. The van der Waals surface area contributed by atoms with Gasteiger partial charge in [-0.05, 0) is 56.4 Å². The Bertz CT molecular complexity index is 999. The summed E-state index contributed by atoms with van der Waals surface area (Å²) in [7, 11) is 0. The molecular weight excluding hydrogens is 354 g/mol. The number of benzene rings is 2. The highest BCUT2D eigenvalue weighted by Crippen LogP contribution is 2.43. The van der Waals surface area contributed by atoms with Crippen LogP contribution in [0.25, 0.3) is 20.2 Å². The quantitative estimate of drug-likeness (QED) is 0.482. The second kappa shape index (κ2) is 6.88. The van der Waals surface area contributed by atoms with Gasteiger partial charge in [0.1, 0.15) is 0 Å². The van der Waals surface area contributed by atoms with Crippen molar-refractivity contribution >= 4 is 31.5 Å². The van der Waals surface area contributed by atoms with E-state index in [4.69, 9.17) is 9.47 Å². The molecule has 0 unspecified atom stereocenters. The van der Waals surface area contributed by atoms with Crippen LogP contribution in [0.5, 0.6) is 11.5 Å². The molecule has 2 aromatic carbocycles. The van der Waals surface area contributed by atoms with Gasteiger partial charge >= 0.3 is 0 Å². The standard InChI is InChI=1S/C21H20F2O2S/c1-3-24-16-10-12(2)17-14-8-9-15(25-11-13-6-4-5-7-13)18(22)20(14)26-21(17)19(16)23/h4-5,8-10,13H,3,6-7,11H2,1-2H3. The van der Waals surface area contributed by atoms with Gasteiger partial charge in [0, 0.05) is 10.8 Å². The van der Waals surface area contributed by atoms with Crippen molar-refractivity contribution in [2.45, 2.75) is 26.7 Å². The molecule has 0 aliphatic heterocycles. The number of aryl methyl sites for hydroxylation is 1. The number of allylic oxidation sites excluding steroid dienone is 2. The van der Waals surface area contributed by atoms with E-state index in [1.807, 2.05) is 19.9 Å². The summed E-state index contributed by atoms with van der Waals surface area (Å²) in [5.74, 6) is 0.0219. The third kappa shape index (κ3) is 2.84. The van der Waals surface area contributed by atoms with Crippen molar-refractivity contribution in [1.29, 1.82) is 0 Å². The molecule has 0 fully saturated rings. The lowest BCUT2D eigenvalue weighted by atomic mass is 10.1. The summed E-state index contributed by atoms with van der Waals surface area (Å²) >= 11 is 1.12. The maximum Gasteiger partial charge on any atom is 0.182 e. The number of thiophene rings is 1. The molecule has 136 valence electrons. The molecular formula is C21H20F2O2S. The monoisotopic (exact) mass is 374 g/mol. The average molecular weight is 374 g/mol. The first-order valence-corrected chi connectivity index (χ1v) is 9.66. The highest BCUT2D eigenvalue weighted by molar-refractivity contribution is 7.26. The summed E-state index contributed by atoms with van der Waals surface area (Å²) in [6, 6.07) is 5.16. The summed E-state index contributed by atoms with van der Waals surface area (Å²) in [5.41, 5.74) is 0.876. The maximum absolute atomic E-state index is 15.0. The Morgan fingerprint density at radius 3 is 2.50 bits per heavy atom. The van der Waals surface area contributed by atoms with E-state index in [0.717, 1.165) is 40.5 Å². The van der Waals surface area contributed by atoms with Gasteiger partial charge in [0.15, 0.2) is 23.1 Å². The maximum atomic E-state index is 15.0. The molecule has 1 aliphatic rings. The first kappa shape index (κ1) is 17.3. The predicted molar refractivity (Wildman–Crippen MR) is 103 cm³/mol. The van der Waals surface area contributed by atoms with Crippen LogP contribution in [0.15, 0.2) is 30.4 Å². The van der Waals surface area contributed by atoms with E-state index in [1.54, 1.807) is 12.1 Å². The number of halogens is 2. The van der Waals surface area contributed by atoms with E-state index < -0.39 is 11.6 Å². The lowest BCUT2D eigenvalue weighted by Gasteiger charge is -2.12. The van der Waals surface area contributed by atoms with Gasteiger partial charge in [0.05, 0.1) is 22.6 Å². The molecule has 1 aromatic heterocycles. The molecule has 4 rings (SSSR count). The van der Waals surface area contributed by atoms with Crippen molar-refractivity contribution in [2.24, 2.45) is 5.92 Å². The van der Waals surface area contributed by atoms with E-state index in [1.165, 1.54) is 0 Å². The van der Waals surface area contributed by atoms with Gasteiger partial charge in [0.2, 0.25) is 0 Å². The molecule has 1 heterocycles. The fourth-order valence-corrected chi connectivity index (χ4v) is 4.73. The number of fused-ring (bicyclic) bond motifs is 3. The van der Waals surface area contributed by atoms with Crippen LogP contribution in [0.2, 0.25) is 0 Å². The molecule has 2 nitrogen and oxygen atoms in total. The molecule has 26 heavy (non-hydrogen) atoms. The zero-order chi connectivity index (χ0) is 18.3. The minimum absolute atomic E-state index is 0.217. The van der Waals surface area contributed by atoms with Gasteiger partial charge in [-0.1, -0.05) is 12.2 Å². The Balaban J connectivity index is 1.77. The first-order chi connectivity index (χ1) is 12.6. The third-order valence-electron chi connectivity index (χ3n) is 4.80. The molecule has 0 N–H and O–H groups in total. The van der Waals surface area contributed by atoms with Crippen molar-refractivity contribution in [3.63, 3.8) is 0 Å². The van der Waals surface area contributed by atoms with Crippen molar-refractivity contribution in [1.82, 2.24) is 0 Å². The molecule has 0 spiro atoms. The van der Waals surface area contributed by atoms with Crippen LogP contribution in [0.4, 0.5) is 8.78 Å². The molecule has 0 atom stereocenters. The van der Waals surface area contributed by atoms with Crippen LogP contribution < -0.4 is 9.47 Å². The minimum atomic E-state index is -0.424. The van der Waals surface area contributed by atoms with Crippen LogP contribution in [0.1, 0.15) is 25.3 Å². The summed E-state index contributed by atoms with van der Waals surface area (Å²) in [5, 5.41) is 1.47. The molecule has 0 bridgehead atoms. The van der Waals surface area contributed by atoms with Gasteiger partial charge in [-0.25, -0.2) is 8.78 Å². The van der Waals surface area contributed by atoms with Crippen molar-refractivity contribution in [3.05, 3.63) is 47.5 Å². The predicted octanol–water partition coefficient (Wildman–Crippen LogP) is 6.38. The van der Waals surface area contributed by atoms with E-state index in [-0.39, 0.29) is 11.5 Å². The largest absolute Gasteiger partial charge is 0.491 e. The summed E-state index contributed by atoms with van der Waals surface area (Å²) in [6.45, 7) is 4.58. The molecule has 0 amide bonds. The molecule has 3 aromatic rings. The normalized spacial score (nSPS) is 14.6. The second-order valence-electron chi connectivity index (χ2n) is 6.62. The van der Waals surface area contributed by atoms with Crippen molar-refractivity contribution in [3.8, 4) is 11.5 Å². The Hall–Kier alpha value is -2.14. The highest BCUT2D eigenvalue weighted by Gasteiger charge is 2.21. The van der Waals surface area contributed by atoms with E-state index in [0.29, 0.717) is 28.5 Å². The number of hydrogen-bond acceptors (Lipinski definition) is 3. The van der Waals surface area contributed by atoms with Gasteiger partial charge in [-0.3, -0.25) is 0 Å². The third-order valence-corrected chi connectivity index (χ3v) is 5.99. The van der Waals surface area contributed by atoms with Gasteiger partial charge in [-0.2, -0.15) is 0 Å². The Kier molecular flexibility index (Phi) is 4.57. The van der Waals surface area contributed by atoms with Crippen LogP contribution in [-0.4, -0.2) is 13.2 Å². The van der Waals surface area contributed by atoms with E-state index in [9.17, 15) is 4.39 Å². The molecule has 0 saturated heterocycles. The average Bonchev–Trinajstić information content (AvgIpc) is 3.27. The fourth-order valence-electron chi connectivity index (χ4n) is 3.49. The summed E-state index contributed by atoms with van der Waals surface area (Å²) in [6.07, 6.45) is 6.19. The van der Waals surface area contributed by atoms with Gasteiger partial charge < -0.3 is 9.47 Å². The Morgan fingerprint density at radius 1 is 1.04 bits per heavy atom. The van der Waals surface area contributed by atoms with Crippen LogP contribution in [-0.2, 0) is 0 Å². The van der Waals surface area contributed by atoms with Gasteiger partial charge in [0.25, 0.3) is 0 Å². The van der Waals surface area contributed by atoms with E-state index in [2.05, 4.69) is 12.2 Å². The topological polar surface area (TPSA) is 18.5 Å². The van der Waals surface area contributed by atoms with Crippen molar-refractivity contribution < 1.29 is 18.3 Å². The minimum Gasteiger partial charge on any atom is -0.491 e. The van der Waals surface area contributed by atoms with Crippen LogP contribution in [0, 0.1) is 24.5 Å². The number of ether oxygens (including phenoxy) is 2. The molecule has 1 aliphatic carbocycles. The smallest absolute Gasteiger partial charge is 0.182 e. The Labute approximate surface area is 155 Å². The molecule has 5 heteroatoms. The van der Waals surface area contributed by atoms with E-state index >= 15 is 4.39 Å². The Morgan fingerprint density at radius 2 is 1.77 bits per heavy atom. The zero-order valence-corrected chi connectivity index (χ0v) is 15.6. The zero-order valence-electron chi connectivity index (χ0n) is 14.8. The second-order valence-corrected chi connectivity index (χ2v) is 7.64. The highest BCUT2D eigenvalue weighted by atomic mass is 32.1. The fraction of sp³-hybridized carbons (Fsp3) is 0.333. The number of rotatable bonds is 5. The molecule has 0 radical (unpaired) electrons.